The second-order valence-electron chi connectivity index (χ2n) is 5.11. The van der Waals surface area contributed by atoms with E-state index in [0.717, 1.165) is 24.7 Å². The van der Waals surface area contributed by atoms with Crippen LogP contribution in [0.1, 0.15) is 6.42 Å². The Morgan fingerprint density at radius 2 is 1.35 bits per heavy atom. The first kappa shape index (κ1) is 25.0. The summed E-state index contributed by atoms with van der Waals surface area (Å²) in [5.41, 5.74) is 2.71. The van der Waals surface area contributed by atoms with Crippen molar-refractivity contribution in [3.05, 3.63) is 42.6 Å². The molecule has 1 rings (SSSR count). The molecule has 0 atom stereocenters. The predicted octanol–water partition coefficient (Wildman–Crippen LogP) is 2.96. The fourth-order valence-corrected chi connectivity index (χ4v) is 4.87. The molecule has 0 radical (unpaired) electrons. The van der Waals surface area contributed by atoms with Gasteiger partial charge in [-0.2, -0.15) is 0 Å². The summed E-state index contributed by atoms with van der Waals surface area (Å²) in [5, 5.41) is 3.35. The second kappa shape index (κ2) is 14.1. The maximum atomic E-state index is 5.36. The summed E-state index contributed by atoms with van der Waals surface area (Å²) in [4.78, 5) is 0. The van der Waals surface area contributed by atoms with E-state index in [4.69, 9.17) is 26.6 Å². The molecule has 0 saturated carbocycles. The molecule has 26 heavy (non-hydrogen) atoms. The summed E-state index contributed by atoms with van der Waals surface area (Å²) in [5.74, 6) is 0. The molecule has 0 heterocycles. The predicted molar refractivity (Wildman–Crippen MR) is 108 cm³/mol. The van der Waals surface area contributed by atoms with Crippen LogP contribution in [-0.2, 0) is 26.6 Å². The molecule has 0 saturated heterocycles. The van der Waals surface area contributed by atoms with E-state index in [1.54, 1.807) is 48.4 Å². The highest BCUT2D eigenvalue weighted by Gasteiger charge is 2.36. The molecule has 0 unspecified atom stereocenters. The van der Waals surface area contributed by atoms with Gasteiger partial charge in [0, 0.05) is 60.9 Å². The monoisotopic (exact) mass is 403 g/mol. The van der Waals surface area contributed by atoms with Gasteiger partial charge in [-0.1, -0.05) is 24.8 Å². The van der Waals surface area contributed by atoms with Gasteiger partial charge in [0.05, 0.1) is 0 Å². The van der Waals surface area contributed by atoms with Crippen molar-refractivity contribution in [2.45, 2.75) is 12.5 Å². The van der Waals surface area contributed by atoms with E-state index in [1.807, 2.05) is 30.3 Å². The summed E-state index contributed by atoms with van der Waals surface area (Å²) < 4.78 is 31.0. The van der Waals surface area contributed by atoms with Crippen LogP contribution in [0.4, 0.5) is 5.69 Å². The van der Waals surface area contributed by atoms with Gasteiger partial charge in [0.2, 0.25) is 0 Å². The Balaban J connectivity index is 0.000000590. The van der Waals surface area contributed by atoms with Crippen LogP contribution < -0.4 is 5.32 Å². The molecule has 7 nitrogen and oxygen atoms in total. The molecule has 9 heteroatoms. The lowest BCUT2D eigenvalue weighted by atomic mass is 10.3. The lowest BCUT2D eigenvalue weighted by Gasteiger charge is -2.24. The summed E-state index contributed by atoms with van der Waals surface area (Å²) in [6, 6.07) is 10.9. The standard InChI is InChI=1S/C12H21NO3Si.C5H12O3Si/c1-14-17(15-2,16-3)11-7-10-13-12-8-5-4-6-9-12;1-5-9(6-2,7-3)8-4/h4-6,8-9,13H,7,10-11H2,1-3H3;5H,1H2,2-4H3. The minimum Gasteiger partial charge on any atom is -0.385 e. The van der Waals surface area contributed by atoms with Crippen molar-refractivity contribution < 1.29 is 26.6 Å². The van der Waals surface area contributed by atoms with E-state index in [-0.39, 0.29) is 0 Å². The fraction of sp³-hybridized carbons (Fsp3) is 0.529. The average Bonchev–Trinajstić information content (AvgIpc) is 2.72. The second-order valence-corrected chi connectivity index (χ2v) is 11.0. The van der Waals surface area contributed by atoms with Gasteiger partial charge in [-0.15, -0.1) is 0 Å². The van der Waals surface area contributed by atoms with Gasteiger partial charge in [0.1, 0.15) is 0 Å². The van der Waals surface area contributed by atoms with E-state index >= 15 is 0 Å². The van der Waals surface area contributed by atoms with Gasteiger partial charge in [-0.3, -0.25) is 0 Å². The summed E-state index contributed by atoms with van der Waals surface area (Å²) in [6.45, 7) is 4.42. The summed E-state index contributed by atoms with van der Waals surface area (Å²) >= 11 is 0. The van der Waals surface area contributed by atoms with E-state index in [9.17, 15) is 0 Å². The zero-order chi connectivity index (χ0) is 19.9. The number of anilines is 1. The van der Waals surface area contributed by atoms with E-state index < -0.39 is 17.6 Å². The Kier molecular flexibility index (Phi) is 13.5. The zero-order valence-corrected chi connectivity index (χ0v) is 18.7. The first-order valence-corrected chi connectivity index (χ1v) is 12.0. The lowest BCUT2D eigenvalue weighted by molar-refractivity contribution is 0.123. The van der Waals surface area contributed by atoms with Crippen LogP contribution in [0.5, 0.6) is 0 Å². The quantitative estimate of drug-likeness (QED) is 0.425. The number of rotatable bonds is 12. The molecular weight excluding hydrogens is 370 g/mol. The van der Waals surface area contributed by atoms with Crippen LogP contribution in [0.3, 0.4) is 0 Å². The Morgan fingerprint density at radius 1 is 0.846 bits per heavy atom. The third-order valence-corrected chi connectivity index (χ3v) is 8.84. The van der Waals surface area contributed by atoms with E-state index in [0.29, 0.717) is 0 Å². The van der Waals surface area contributed by atoms with E-state index in [2.05, 4.69) is 11.9 Å². The SMILES string of the molecule is C=C[Si](OC)(OC)OC.CO[Si](CCCNc1ccccc1)(OC)OC. The highest BCUT2D eigenvalue weighted by atomic mass is 28.4. The third kappa shape index (κ3) is 8.56. The van der Waals surface area contributed by atoms with Crippen molar-refractivity contribution in [3.8, 4) is 0 Å². The number of hydrogen-bond acceptors (Lipinski definition) is 7. The highest BCUT2D eigenvalue weighted by molar-refractivity contribution is 6.66. The molecule has 0 aliphatic heterocycles. The van der Waals surface area contributed by atoms with Gasteiger partial charge in [-0.25, -0.2) is 0 Å². The summed E-state index contributed by atoms with van der Waals surface area (Å²) in [6.07, 6.45) is 0.955. The van der Waals surface area contributed by atoms with Crippen molar-refractivity contribution in [1.29, 1.82) is 0 Å². The van der Waals surface area contributed by atoms with Crippen LogP contribution in [0.15, 0.2) is 42.6 Å². The molecular formula is C17H33NO6Si2. The molecule has 0 spiro atoms. The normalized spacial score (nSPS) is 11.5. The van der Waals surface area contributed by atoms with Crippen molar-refractivity contribution in [2.24, 2.45) is 0 Å². The summed E-state index contributed by atoms with van der Waals surface area (Å²) in [7, 11) is 4.73. The molecule has 0 bridgehead atoms. The number of benzene rings is 1. The zero-order valence-electron chi connectivity index (χ0n) is 16.7. The Bertz CT molecular complexity index is 453. The first-order valence-electron chi connectivity index (χ1n) is 8.24. The van der Waals surface area contributed by atoms with E-state index in [1.165, 1.54) is 0 Å². The van der Waals surface area contributed by atoms with Crippen LogP contribution in [0.2, 0.25) is 6.04 Å². The topological polar surface area (TPSA) is 67.4 Å². The minimum atomic E-state index is -2.43. The Hall–Kier alpha value is -1.05. The fourth-order valence-electron chi connectivity index (χ4n) is 2.15. The molecule has 0 fully saturated rings. The van der Waals surface area contributed by atoms with Gasteiger partial charge in [0.15, 0.2) is 0 Å². The molecule has 1 aromatic rings. The molecule has 0 aliphatic rings. The first-order chi connectivity index (χ1) is 12.5. The lowest BCUT2D eigenvalue weighted by Crippen LogP contribution is -2.42. The number of nitrogens with one attached hydrogen (secondary N) is 1. The van der Waals surface area contributed by atoms with Crippen molar-refractivity contribution in [3.63, 3.8) is 0 Å². The maximum Gasteiger partial charge on any atom is 0.528 e. The highest BCUT2D eigenvalue weighted by Crippen LogP contribution is 2.15. The number of para-hydroxylation sites is 1. The van der Waals surface area contributed by atoms with Crippen LogP contribution >= 0.6 is 0 Å². The Labute approximate surface area is 159 Å². The Morgan fingerprint density at radius 3 is 1.69 bits per heavy atom. The molecule has 0 aliphatic carbocycles. The number of hydrogen-bond donors (Lipinski definition) is 1. The molecule has 1 N–H and O–H groups in total. The minimum absolute atomic E-state index is 0.816. The maximum absolute atomic E-state index is 5.36. The van der Waals surface area contributed by atoms with Gasteiger partial charge >= 0.3 is 17.6 Å². The van der Waals surface area contributed by atoms with Crippen LogP contribution in [-0.4, -0.2) is 66.8 Å². The van der Waals surface area contributed by atoms with Crippen LogP contribution in [0, 0.1) is 0 Å². The molecule has 0 aromatic heterocycles. The van der Waals surface area contributed by atoms with Gasteiger partial charge < -0.3 is 31.9 Å². The van der Waals surface area contributed by atoms with Crippen LogP contribution in [0.25, 0.3) is 0 Å². The average molecular weight is 404 g/mol. The third-order valence-electron chi connectivity index (χ3n) is 3.80. The molecule has 150 valence electrons. The molecule has 0 amide bonds. The van der Waals surface area contributed by atoms with Crippen molar-refractivity contribution in [2.75, 3.05) is 54.5 Å². The smallest absolute Gasteiger partial charge is 0.385 e. The van der Waals surface area contributed by atoms with Crippen molar-refractivity contribution in [1.82, 2.24) is 0 Å². The largest absolute Gasteiger partial charge is 0.528 e. The van der Waals surface area contributed by atoms with Gasteiger partial charge in [0.25, 0.3) is 0 Å². The van der Waals surface area contributed by atoms with Crippen molar-refractivity contribution >= 4 is 23.3 Å². The molecule has 1 aromatic carbocycles. The van der Waals surface area contributed by atoms with Gasteiger partial charge in [-0.05, 0) is 24.3 Å².